The first kappa shape index (κ1) is 25.9. The van der Waals surface area contributed by atoms with Crippen molar-refractivity contribution in [3.8, 4) is 0 Å². The summed E-state index contributed by atoms with van der Waals surface area (Å²) in [6.45, 7) is 4.27. The van der Waals surface area contributed by atoms with E-state index < -0.39 is 29.3 Å². The summed E-state index contributed by atoms with van der Waals surface area (Å²) < 4.78 is 46.6. The van der Waals surface area contributed by atoms with Crippen molar-refractivity contribution in [2.24, 2.45) is 0 Å². The highest BCUT2D eigenvalue weighted by Gasteiger charge is 2.48. The van der Waals surface area contributed by atoms with E-state index in [0.29, 0.717) is 67.6 Å². The molecule has 0 aromatic carbocycles. The molecule has 202 valence electrons. The summed E-state index contributed by atoms with van der Waals surface area (Å²) in [6, 6.07) is 1.22. The zero-order valence-electron chi connectivity index (χ0n) is 20.8. The first-order valence-corrected chi connectivity index (χ1v) is 12.1. The summed E-state index contributed by atoms with van der Waals surface area (Å²) in [6.07, 6.45) is 0.170. The number of piperidine rings is 1. The Kier molecular flexibility index (Phi) is 6.73. The third-order valence-corrected chi connectivity index (χ3v) is 7.24. The van der Waals surface area contributed by atoms with Gasteiger partial charge in [-0.2, -0.15) is 18.3 Å². The van der Waals surface area contributed by atoms with Crippen LogP contribution in [0.2, 0.25) is 0 Å². The minimum Gasteiger partial charge on any atom is -0.377 e. The van der Waals surface area contributed by atoms with Gasteiger partial charge < -0.3 is 9.64 Å². The number of fused-ring (bicyclic) bond motifs is 1. The molecule has 0 unspecified atom stereocenters. The molecule has 2 aliphatic heterocycles. The van der Waals surface area contributed by atoms with Crippen molar-refractivity contribution in [3.63, 3.8) is 0 Å². The first-order valence-electron chi connectivity index (χ1n) is 12.1. The van der Waals surface area contributed by atoms with Gasteiger partial charge in [0.05, 0.1) is 25.6 Å². The fraction of sp³-hybridized carbons (Fsp3) is 0.522. The van der Waals surface area contributed by atoms with Crippen molar-refractivity contribution in [1.82, 2.24) is 34.6 Å². The highest BCUT2D eigenvalue weighted by molar-refractivity contribution is 6.10. The van der Waals surface area contributed by atoms with E-state index >= 15 is 0 Å². The molecule has 0 bridgehead atoms. The molecule has 2 amide bonds. The molecule has 2 fully saturated rings. The van der Waals surface area contributed by atoms with Crippen LogP contribution in [-0.2, 0) is 20.5 Å². The van der Waals surface area contributed by atoms with Gasteiger partial charge in [0, 0.05) is 19.3 Å². The van der Waals surface area contributed by atoms with Gasteiger partial charge in [-0.25, -0.2) is 29.5 Å². The number of hydrogen-bond acceptors (Lipinski definition) is 10. The van der Waals surface area contributed by atoms with Crippen LogP contribution < -0.4 is 9.80 Å². The topological polar surface area (TPSA) is 122 Å². The molecule has 2 aliphatic rings. The first-order chi connectivity index (χ1) is 18.2. The summed E-state index contributed by atoms with van der Waals surface area (Å²) >= 11 is 0. The van der Waals surface area contributed by atoms with Crippen LogP contribution in [0.4, 0.5) is 24.8 Å². The second-order valence-corrected chi connectivity index (χ2v) is 9.27. The third-order valence-electron chi connectivity index (χ3n) is 7.24. The normalized spacial score (nSPS) is 18.0. The molecule has 5 heterocycles. The molecule has 0 spiro atoms. The predicted molar refractivity (Wildman–Crippen MR) is 128 cm³/mol. The molecule has 0 aliphatic carbocycles. The monoisotopic (exact) mass is 533 g/mol. The van der Waals surface area contributed by atoms with Gasteiger partial charge in [0.15, 0.2) is 5.65 Å². The van der Waals surface area contributed by atoms with Crippen molar-refractivity contribution < 1.29 is 27.5 Å². The van der Waals surface area contributed by atoms with E-state index in [-0.39, 0.29) is 12.5 Å². The van der Waals surface area contributed by atoms with E-state index in [4.69, 9.17) is 9.72 Å². The summed E-state index contributed by atoms with van der Waals surface area (Å²) in [4.78, 5) is 46.2. The molecule has 5 rings (SSSR count). The van der Waals surface area contributed by atoms with Gasteiger partial charge in [-0.3, -0.25) is 14.5 Å². The van der Waals surface area contributed by atoms with Crippen LogP contribution in [0.1, 0.15) is 31.6 Å². The number of imide groups is 1. The lowest BCUT2D eigenvalue weighted by Gasteiger charge is -2.47. The number of carbonyl (C=O) groups is 2. The molecular formula is C23H26F3N9O3. The molecule has 0 atom stereocenters. The van der Waals surface area contributed by atoms with Gasteiger partial charge >= 0.3 is 6.18 Å². The van der Waals surface area contributed by atoms with Gasteiger partial charge in [0.25, 0.3) is 5.91 Å². The number of likely N-dealkylation sites (N-methyl/N-ethyl adjacent to an activating group) is 1. The van der Waals surface area contributed by atoms with Gasteiger partial charge in [-0.1, -0.05) is 6.92 Å². The Hall–Kier alpha value is -3.72. The number of amides is 2. The van der Waals surface area contributed by atoms with Gasteiger partial charge in [-0.15, -0.1) is 0 Å². The molecule has 3 aromatic rings. The van der Waals surface area contributed by atoms with Gasteiger partial charge in [0.1, 0.15) is 28.7 Å². The van der Waals surface area contributed by atoms with Gasteiger partial charge in [0.2, 0.25) is 12.2 Å². The molecule has 0 N–H and O–H groups in total. The largest absolute Gasteiger partial charge is 0.451 e. The van der Waals surface area contributed by atoms with E-state index in [9.17, 15) is 22.8 Å². The van der Waals surface area contributed by atoms with Crippen LogP contribution in [0.3, 0.4) is 0 Å². The smallest absolute Gasteiger partial charge is 0.377 e. The molecule has 12 nitrogen and oxygen atoms in total. The van der Waals surface area contributed by atoms with E-state index in [0.717, 1.165) is 12.3 Å². The number of halogens is 3. The van der Waals surface area contributed by atoms with Crippen LogP contribution in [0, 0.1) is 0 Å². The Balaban J connectivity index is 1.40. The van der Waals surface area contributed by atoms with Crippen LogP contribution in [0.25, 0.3) is 11.2 Å². The maximum Gasteiger partial charge on any atom is 0.451 e. The van der Waals surface area contributed by atoms with E-state index in [1.807, 2.05) is 16.7 Å². The van der Waals surface area contributed by atoms with Crippen molar-refractivity contribution in [2.45, 2.75) is 37.5 Å². The number of alkyl halides is 3. The Bertz CT molecular complexity index is 1340. The van der Waals surface area contributed by atoms with Crippen molar-refractivity contribution in [2.75, 3.05) is 49.7 Å². The van der Waals surface area contributed by atoms with Crippen LogP contribution in [-0.4, -0.2) is 92.4 Å². The van der Waals surface area contributed by atoms with Crippen LogP contribution in [0.5, 0.6) is 0 Å². The Labute approximate surface area is 215 Å². The number of anilines is 2. The average Bonchev–Trinajstić information content (AvgIpc) is 3.30. The number of ether oxygens (including phenoxy) is 1. The minimum absolute atomic E-state index is 0.107. The molecule has 15 heteroatoms. The SMILES string of the molecule is CCN(C)C1(C(=O)N(C=O)c2ccnc(C(F)(F)F)n2)CCN(c2cnc3cnn(C4COC4)c3n2)CC1. The fourth-order valence-electron chi connectivity index (χ4n) is 4.81. The van der Waals surface area contributed by atoms with E-state index in [2.05, 4.69) is 20.1 Å². The highest BCUT2D eigenvalue weighted by Crippen LogP contribution is 2.34. The van der Waals surface area contributed by atoms with Crippen LogP contribution >= 0.6 is 0 Å². The van der Waals surface area contributed by atoms with Gasteiger partial charge in [-0.05, 0) is 32.5 Å². The second kappa shape index (κ2) is 9.87. The third kappa shape index (κ3) is 4.45. The molecule has 3 aromatic heterocycles. The van der Waals surface area contributed by atoms with Crippen molar-refractivity contribution >= 4 is 35.1 Å². The number of hydrogen-bond donors (Lipinski definition) is 0. The zero-order chi connectivity index (χ0) is 27.1. The fourth-order valence-corrected chi connectivity index (χ4v) is 4.81. The maximum atomic E-state index is 13.8. The zero-order valence-corrected chi connectivity index (χ0v) is 20.8. The summed E-state index contributed by atoms with van der Waals surface area (Å²) in [5.41, 5.74) is 0.168. The van der Waals surface area contributed by atoms with Crippen LogP contribution in [0.15, 0.2) is 24.7 Å². The number of rotatable bonds is 7. The highest BCUT2D eigenvalue weighted by atomic mass is 19.4. The lowest BCUT2D eigenvalue weighted by atomic mass is 9.84. The summed E-state index contributed by atoms with van der Waals surface area (Å²) in [5.74, 6) is -1.88. The average molecular weight is 534 g/mol. The summed E-state index contributed by atoms with van der Waals surface area (Å²) in [5, 5.41) is 4.39. The molecule has 38 heavy (non-hydrogen) atoms. The molecule has 2 saturated heterocycles. The molecule has 0 radical (unpaired) electrons. The molecule has 0 saturated carbocycles. The number of aromatic nitrogens is 6. The van der Waals surface area contributed by atoms with E-state index in [1.165, 1.54) is 0 Å². The molecular weight excluding hydrogens is 507 g/mol. The lowest BCUT2D eigenvalue weighted by molar-refractivity contribution is -0.145. The summed E-state index contributed by atoms with van der Waals surface area (Å²) in [7, 11) is 1.75. The second-order valence-electron chi connectivity index (χ2n) is 9.27. The Morgan fingerprint density at radius 3 is 2.55 bits per heavy atom. The van der Waals surface area contributed by atoms with E-state index in [1.54, 1.807) is 24.1 Å². The maximum absolute atomic E-state index is 13.8. The quantitative estimate of drug-likeness (QED) is 0.415. The minimum atomic E-state index is -4.82. The van der Waals surface area contributed by atoms with Crippen molar-refractivity contribution in [3.05, 3.63) is 30.5 Å². The number of carbonyl (C=O) groups excluding carboxylic acids is 2. The predicted octanol–water partition coefficient (Wildman–Crippen LogP) is 1.69. The Morgan fingerprint density at radius 2 is 1.95 bits per heavy atom. The standard InChI is InChI=1S/C23H26F3N9O3/c1-3-32(2)22(21(37)34(14-36)17-4-7-27-20(31-17)23(24,25)26)5-8-33(9-6-22)18-11-28-16-10-29-35(19(16)30-18)15-12-38-13-15/h4,7,10-11,14-15H,3,5-6,8-9,12-13H2,1-2H3. The lowest BCUT2D eigenvalue weighted by Crippen LogP contribution is -2.63. The number of nitrogens with zero attached hydrogens (tertiary/aromatic N) is 9. The van der Waals surface area contributed by atoms with Crippen molar-refractivity contribution in [1.29, 1.82) is 0 Å². The Morgan fingerprint density at radius 1 is 1.21 bits per heavy atom.